The largest absolute Gasteiger partial charge is 4.00 e. The van der Waals surface area contributed by atoms with Crippen molar-refractivity contribution in [2.24, 2.45) is 17.8 Å². The molecule has 0 saturated carbocycles. The minimum Gasteiger partial charge on any atom is -1.00 e. The summed E-state index contributed by atoms with van der Waals surface area (Å²) in [5, 5.41) is 4.66. The normalized spacial score (nSPS) is 8.04. The molecule has 0 aliphatic heterocycles. The average Bonchev–Trinajstić information content (AvgIpc) is 2.29. The summed E-state index contributed by atoms with van der Waals surface area (Å²) in [6, 6.07) is 12.5. The van der Waals surface area contributed by atoms with E-state index in [2.05, 4.69) is 47.6 Å². The van der Waals surface area contributed by atoms with E-state index in [4.69, 9.17) is 0 Å². The van der Waals surface area contributed by atoms with E-state index in [0.29, 0.717) is 0 Å². The van der Waals surface area contributed by atoms with Crippen molar-refractivity contribution in [3.05, 3.63) is 36.4 Å². The van der Waals surface area contributed by atoms with Crippen molar-refractivity contribution in [2.45, 2.75) is 57.4 Å². The van der Waals surface area contributed by atoms with Gasteiger partial charge < -0.3 is 55.1 Å². The van der Waals surface area contributed by atoms with Gasteiger partial charge in [0, 0.05) is 0 Å². The van der Waals surface area contributed by atoms with E-state index in [9.17, 15) is 0 Å². The van der Waals surface area contributed by atoms with Gasteiger partial charge in [-0.1, -0.05) is 75.1 Å². The first-order chi connectivity index (χ1) is 8.91. The Labute approximate surface area is 201 Å². The number of hydrogen-bond donors (Lipinski definition) is 0. The SMILES string of the molecule is CC(C)[CH2][Al]([CH2]C(C)C)[CH2]C(C)C.O.[Cl-].[Cl-].[Cl-].[Cl-].[Ti+4].[c-]1ccccc1. The van der Waals surface area contributed by atoms with Crippen molar-refractivity contribution in [1.29, 1.82) is 0 Å². The van der Waals surface area contributed by atoms with Crippen LogP contribution in [0.25, 0.3) is 0 Å². The molecule has 1 aromatic carbocycles. The third-order valence-electron chi connectivity index (χ3n) is 3.02. The first-order valence-electron chi connectivity index (χ1n) is 7.82. The number of hydrogen-bond acceptors (Lipinski definition) is 0. The van der Waals surface area contributed by atoms with Gasteiger partial charge in [0.15, 0.2) is 0 Å². The molecule has 0 heterocycles. The number of rotatable bonds is 6. The Balaban J connectivity index is -0.0000000474. The van der Waals surface area contributed by atoms with E-state index in [1.54, 1.807) is 15.8 Å². The zero-order valence-corrected chi connectivity index (χ0v) is 22.1. The van der Waals surface area contributed by atoms with Crippen LogP contribution in [0.4, 0.5) is 0 Å². The molecule has 0 fully saturated rings. The smallest absolute Gasteiger partial charge is 1.00 e. The molecular weight excluding hydrogens is 449 g/mol. The van der Waals surface area contributed by atoms with Crippen LogP contribution in [0.2, 0.25) is 15.8 Å². The van der Waals surface area contributed by atoms with Crippen molar-refractivity contribution in [2.75, 3.05) is 0 Å². The van der Waals surface area contributed by atoms with Gasteiger partial charge in [0.05, 0.1) is 0 Å². The van der Waals surface area contributed by atoms with Crippen LogP contribution in [0.3, 0.4) is 0 Å². The van der Waals surface area contributed by atoms with Gasteiger partial charge in [-0.05, 0) is 0 Å². The van der Waals surface area contributed by atoms with Gasteiger partial charge in [-0.2, -0.15) is 36.4 Å². The van der Waals surface area contributed by atoms with Crippen molar-refractivity contribution in [3.63, 3.8) is 0 Å². The molecule has 25 heavy (non-hydrogen) atoms. The van der Waals surface area contributed by atoms with Gasteiger partial charge in [0.2, 0.25) is 0 Å². The molecule has 2 N–H and O–H groups in total. The molecule has 0 bridgehead atoms. The summed E-state index contributed by atoms with van der Waals surface area (Å²) >= 11 is -0.407. The maximum absolute atomic E-state index is 2.89. The van der Waals surface area contributed by atoms with Crippen LogP contribution in [-0.2, 0) is 21.7 Å². The van der Waals surface area contributed by atoms with E-state index in [1.807, 2.05) is 30.3 Å². The predicted octanol–water partition coefficient (Wildman–Crippen LogP) is -6.88. The maximum atomic E-state index is 2.89. The number of halogens is 4. The van der Waals surface area contributed by atoms with Crippen LogP contribution in [0.5, 0.6) is 0 Å². The quantitative estimate of drug-likeness (QED) is 0.285. The molecule has 148 valence electrons. The molecule has 0 radical (unpaired) electrons. The van der Waals surface area contributed by atoms with Crippen LogP contribution in [-0.4, -0.2) is 19.6 Å². The van der Waals surface area contributed by atoms with Gasteiger partial charge in [0.1, 0.15) is 0 Å². The molecule has 1 nitrogen and oxygen atoms in total. The van der Waals surface area contributed by atoms with Gasteiger partial charge >= 0.3 is 21.7 Å². The Kier molecular flexibility index (Phi) is 55.0. The Bertz CT molecular complexity index is 254. The molecule has 7 heteroatoms. The zero-order valence-electron chi connectivity index (χ0n) is 16.3. The molecule has 0 spiro atoms. The van der Waals surface area contributed by atoms with Crippen molar-refractivity contribution in [3.8, 4) is 0 Å². The van der Waals surface area contributed by atoms with E-state index in [-0.39, 0.29) is 76.8 Å². The average molecular weight is 483 g/mol. The van der Waals surface area contributed by atoms with Crippen LogP contribution in [0, 0.1) is 23.8 Å². The monoisotopic (exact) mass is 481 g/mol. The van der Waals surface area contributed by atoms with E-state index in [1.165, 1.54) is 0 Å². The Morgan fingerprint density at radius 3 is 1.04 bits per heavy atom. The molecule has 1 aromatic rings. The number of benzene rings is 1. The van der Waals surface area contributed by atoms with Gasteiger partial charge in [-0.3, -0.25) is 0 Å². The molecule has 0 atom stereocenters. The van der Waals surface area contributed by atoms with E-state index < -0.39 is 14.1 Å². The fourth-order valence-electron chi connectivity index (χ4n) is 2.63. The molecule has 0 aromatic heterocycles. The van der Waals surface area contributed by atoms with Crippen LogP contribution < -0.4 is 49.6 Å². The Morgan fingerprint density at radius 1 is 0.640 bits per heavy atom. The van der Waals surface area contributed by atoms with Crippen molar-refractivity contribution in [1.82, 2.24) is 0 Å². The molecular formula is C18H34AlCl4OTi-. The van der Waals surface area contributed by atoms with E-state index in [0.717, 1.165) is 17.8 Å². The first-order valence-corrected chi connectivity index (χ1v) is 10.3. The molecule has 0 unspecified atom stereocenters. The van der Waals surface area contributed by atoms with Gasteiger partial charge in [-0.15, -0.1) is 0 Å². The van der Waals surface area contributed by atoms with E-state index >= 15 is 0 Å². The molecule has 0 aliphatic rings. The Morgan fingerprint density at radius 2 is 0.920 bits per heavy atom. The summed E-state index contributed by atoms with van der Waals surface area (Å²) in [7, 11) is 0. The minimum atomic E-state index is -0.407. The fourth-order valence-corrected chi connectivity index (χ4v) is 7.21. The molecule has 1 rings (SSSR count). The molecule has 0 aliphatic carbocycles. The summed E-state index contributed by atoms with van der Waals surface area (Å²) < 4.78 is 0. The van der Waals surface area contributed by atoms with Gasteiger partial charge in [0.25, 0.3) is 14.1 Å². The standard InChI is InChI=1S/C6H5.3C4H9.Al.4ClH.H2O.Ti/c1-2-4-6-5-3-1;3*1-4(2)3;;;;;;;/h1-5H;3*4H,1H2,2-3H3;;4*1H;1H2;/q-1;;;;;;;;;;+4/p-4. The minimum absolute atomic E-state index is 0. The molecule has 0 amide bonds. The van der Waals surface area contributed by atoms with Crippen LogP contribution in [0.1, 0.15) is 41.5 Å². The van der Waals surface area contributed by atoms with Crippen LogP contribution in [0.15, 0.2) is 30.3 Å². The fraction of sp³-hybridized carbons (Fsp3) is 0.667. The van der Waals surface area contributed by atoms with Crippen molar-refractivity contribution >= 4 is 14.1 Å². The summed E-state index contributed by atoms with van der Waals surface area (Å²) in [4.78, 5) is 0. The summed E-state index contributed by atoms with van der Waals surface area (Å²) in [5.74, 6) is 2.78. The van der Waals surface area contributed by atoms with Crippen molar-refractivity contribution < 1.29 is 76.8 Å². The summed E-state index contributed by atoms with van der Waals surface area (Å²) in [6.45, 7) is 14.3. The topological polar surface area (TPSA) is 31.5 Å². The Hall–Kier alpha value is 1.59. The second kappa shape index (κ2) is 30.3. The third-order valence-corrected chi connectivity index (χ3v) is 7.85. The van der Waals surface area contributed by atoms with Gasteiger partial charge in [-0.25, -0.2) is 0 Å². The maximum Gasteiger partial charge on any atom is 4.00 e. The first kappa shape index (κ1) is 45.4. The third kappa shape index (κ3) is 37.1. The van der Waals surface area contributed by atoms with Crippen LogP contribution >= 0.6 is 0 Å². The molecule has 0 saturated heterocycles. The second-order valence-electron chi connectivity index (χ2n) is 6.83. The predicted molar refractivity (Wildman–Crippen MR) is 93.6 cm³/mol. The summed E-state index contributed by atoms with van der Waals surface area (Å²) in [5.41, 5.74) is 0. The zero-order chi connectivity index (χ0) is 14.7. The summed E-state index contributed by atoms with van der Waals surface area (Å²) in [6.07, 6.45) is 0. The second-order valence-corrected chi connectivity index (χ2v) is 9.98.